The second-order valence-electron chi connectivity index (χ2n) is 4.14. The van der Waals surface area contributed by atoms with Gasteiger partial charge in [0, 0.05) is 12.7 Å². The number of allylic oxidation sites excluding steroid dienone is 1. The number of benzene rings is 1. The lowest BCUT2D eigenvalue weighted by Crippen LogP contribution is -2.07. The highest BCUT2D eigenvalue weighted by atomic mass is 16.1. The molecule has 0 N–H and O–H groups in total. The standard InChI is InChI=1S/C15H16N2O/c1-3-17-14(10-11-16-17)15(18)9-8-13-6-4-12(2)5-7-13/h4-11H,3H2,1-2H3/b9-8+. The monoisotopic (exact) mass is 240 g/mol. The van der Waals surface area contributed by atoms with Crippen LogP contribution in [0.4, 0.5) is 0 Å². The first-order chi connectivity index (χ1) is 8.70. The van der Waals surface area contributed by atoms with Crippen molar-refractivity contribution in [1.82, 2.24) is 9.78 Å². The van der Waals surface area contributed by atoms with Crippen molar-refractivity contribution in [1.29, 1.82) is 0 Å². The number of ketones is 1. The predicted molar refractivity (Wildman–Crippen MR) is 72.4 cm³/mol. The zero-order valence-corrected chi connectivity index (χ0v) is 10.6. The molecule has 2 rings (SSSR count). The summed E-state index contributed by atoms with van der Waals surface area (Å²) in [6.07, 6.45) is 5.07. The van der Waals surface area contributed by atoms with Gasteiger partial charge in [0.15, 0.2) is 0 Å². The van der Waals surface area contributed by atoms with Crippen molar-refractivity contribution < 1.29 is 4.79 Å². The van der Waals surface area contributed by atoms with E-state index in [1.807, 2.05) is 44.2 Å². The second-order valence-corrected chi connectivity index (χ2v) is 4.14. The first-order valence-corrected chi connectivity index (χ1v) is 6.01. The molecule has 0 radical (unpaired) electrons. The Bertz CT molecular complexity index is 564. The number of aromatic nitrogens is 2. The van der Waals surface area contributed by atoms with Crippen LogP contribution in [0, 0.1) is 6.92 Å². The Labute approximate surface area is 107 Å². The third-order valence-electron chi connectivity index (χ3n) is 2.77. The molecule has 0 unspecified atom stereocenters. The minimum Gasteiger partial charge on any atom is -0.288 e. The topological polar surface area (TPSA) is 34.9 Å². The summed E-state index contributed by atoms with van der Waals surface area (Å²) in [5, 5.41) is 4.08. The van der Waals surface area contributed by atoms with Gasteiger partial charge in [0.05, 0.1) is 0 Å². The van der Waals surface area contributed by atoms with Gasteiger partial charge in [-0.15, -0.1) is 0 Å². The van der Waals surface area contributed by atoms with E-state index in [9.17, 15) is 4.79 Å². The molecule has 0 amide bonds. The van der Waals surface area contributed by atoms with Crippen LogP contribution in [0.5, 0.6) is 0 Å². The molecule has 0 spiro atoms. The zero-order valence-electron chi connectivity index (χ0n) is 10.6. The van der Waals surface area contributed by atoms with E-state index in [0.717, 1.165) is 5.56 Å². The van der Waals surface area contributed by atoms with Gasteiger partial charge >= 0.3 is 0 Å². The Morgan fingerprint density at radius 1 is 1.28 bits per heavy atom. The predicted octanol–water partition coefficient (Wildman–Crippen LogP) is 3.11. The molecule has 3 nitrogen and oxygen atoms in total. The Morgan fingerprint density at radius 2 is 2.00 bits per heavy atom. The number of hydrogen-bond acceptors (Lipinski definition) is 2. The van der Waals surface area contributed by atoms with E-state index in [-0.39, 0.29) is 5.78 Å². The number of nitrogens with zero attached hydrogens (tertiary/aromatic N) is 2. The minimum absolute atomic E-state index is 0.0186. The molecule has 1 aromatic heterocycles. The van der Waals surface area contributed by atoms with E-state index < -0.39 is 0 Å². The Hall–Kier alpha value is -2.16. The lowest BCUT2D eigenvalue weighted by molar-refractivity contribution is 0.103. The van der Waals surface area contributed by atoms with E-state index in [1.165, 1.54) is 5.56 Å². The number of carbonyl (C=O) groups is 1. The van der Waals surface area contributed by atoms with Gasteiger partial charge in [0.2, 0.25) is 5.78 Å². The number of rotatable bonds is 4. The molecule has 3 heteroatoms. The van der Waals surface area contributed by atoms with Gasteiger partial charge in [-0.2, -0.15) is 5.10 Å². The van der Waals surface area contributed by atoms with Crippen molar-refractivity contribution in [3.05, 3.63) is 59.4 Å². The molecule has 0 aliphatic heterocycles. The summed E-state index contributed by atoms with van der Waals surface area (Å²) in [7, 11) is 0. The van der Waals surface area contributed by atoms with Crippen LogP contribution in [0.1, 0.15) is 28.5 Å². The molecule has 0 saturated heterocycles. The third kappa shape index (κ3) is 2.74. The van der Waals surface area contributed by atoms with Crippen LogP contribution in [0.15, 0.2) is 42.6 Å². The molecule has 1 aromatic carbocycles. The highest BCUT2D eigenvalue weighted by Gasteiger charge is 2.07. The van der Waals surface area contributed by atoms with E-state index >= 15 is 0 Å². The fraction of sp³-hybridized carbons (Fsp3) is 0.200. The fourth-order valence-electron chi connectivity index (χ4n) is 1.73. The summed E-state index contributed by atoms with van der Waals surface area (Å²) >= 11 is 0. The van der Waals surface area contributed by atoms with Gasteiger partial charge < -0.3 is 0 Å². The van der Waals surface area contributed by atoms with Gasteiger partial charge in [-0.3, -0.25) is 9.48 Å². The number of aryl methyl sites for hydroxylation is 2. The van der Waals surface area contributed by atoms with Crippen molar-refractivity contribution >= 4 is 11.9 Å². The molecule has 1 heterocycles. The summed E-state index contributed by atoms with van der Waals surface area (Å²) in [6.45, 7) is 4.71. The second kappa shape index (κ2) is 5.45. The van der Waals surface area contributed by atoms with Crippen molar-refractivity contribution in [2.45, 2.75) is 20.4 Å². The smallest absolute Gasteiger partial charge is 0.203 e. The zero-order chi connectivity index (χ0) is 13.0. The maximum absolute atomic E-state index is 12.0. The molecule has 0 aliphatic carbocycles. The summed E-state index contributed by atoms with van der Waals surface area (Å²) < 4.78 is 1.70. The third-order valence-corrected chi connectivity index (χ3v) is 2.77. The van der Waals surface area contributed by atoms with Crippen molar-refractivity contribution in [2.75, 3.05) is 0 Å². The van der Waals surface area contributed by atoms with Crippen LogP contribution < -0.4 is 0 Å². The molecule has 0 aliphatic rings. The van der Waals surface area contributed by atoms with Crippen molar-refractivity contribution in [3.8, 4) is 0 Å². The maximum atomic E-state index is 12.0. The Balaban J connectivity index is 2.14. The summed E-state index contributed by atoms with van der Waals surface area (Å²) in [5.41, 5.74) is 2.86. The van der Waals surface area contributed by atoms with E-state index in [2.05, 4.69) is 5.10 Å². The first kappa shape index (κ1) is 12.3. The van der Waals surface area contributed by atoms with Crippen LogP contribution in [0.3, 0.4) is 0 Å². The highest BCUT2D eigenvalue weighted by molar-refractivity contribution is 6.05. The molecular formula is C15H16N2O. The lowest BCUT2D eigenvalue weighted by Gasteiger charge is -2.00. The SMILES string of the molecule is CCn1nccc1C(=O)/C=C/c1ccc(C)cc1. The summed E-state index contributed by atoms with van der Waals surface area (Å²) in [5.74, 6) is -0.0186. The molecule has 2 aromatic rings. The van der Waals surface area contributed by atoms with E-state index in [4.69, 9.17) is 0 Å². The van der Waals surface area contributed by atoms with Crippen LogP contribution in [0.2, 0.25) is 0 Å². The van der Waals surface area contributed by atoms with Gasteiger partial charge in [-0.05, 0) is 31.6 Å². The minimum atomic E-state index is -0.0186. The van der Waals surface area contributed by atoms with Crippen LogP contribution in [-0.4, -0.2) is 15.6 Å². The van der Waals surface area contributed by atoms with Gasteiger partial charge in [0.25, 0.3) is 0 Å². The van der Waals surface area contributed by atoms with E-state index in [0.29, 0.717) is 12.2 Å². The normalized spacial score (nSPS) is 11.0. The lowest BCUT2D eigenvalue weighted by atomic mass is 10.1. The van der Waals surface area contributed by atoms with Crippen LogP contribution >= 0.6 is 0 Å². The fourth-order valence-corrected chi connectivity index (χ4v) is 1.73. The largest absolute Gasteiger partial charge is 0.288 e. The van der Waals surface area contributed by atoms with Crippen molar-refractivity contribution in [2.24, 2.45) is 0 Å². The van der Waals surface area contributed by atoms with Crippen molar-refractivity contribution in [3.63, 3.8) is 0 Å². The number of hydrogen-bond donors (Lipinski definition) is 0. The van der Waals surface area contributed by atoms with Crippen LogP contribution in [-0.2, 0) is 6.54 Å². The van der Waals surface area contributed by atoms with Gasteiger partial charge in [-0.25, -0.2) is 0 Å². The van der Waals surface area contributed by atoms with E-state index in [1.54, 1.807) is 23.0 Å². The molecular weight excluding hydrogens is 224 g/mol. The number of carbonyl (C=O) groups excluding carboxylic acids is 1. The Kier molecular flexibility index (Phi) is 3.72. The molecule has 0 bridgehead atoms. The summed E-state index contributed by atoms with van der Waals surface area (Å²) in [4.78, 5) is 12.0. The van der Waals surface area contributed by atoms with Gasteiger partial charge in [0.1, 0.15) is 5.69 Å². The molecule has 0 saturated carbocycles. The maximum Gasteiger partial charge on any atom is 0.203 e. The molecule has 18 heavy (non-hydrogen) atoms. The highest BCUT2D eigenvalue weighted by Crippen LogP contribution is 2.07. The Morgan fingerprint density at radius 3 is 2.67 bits per heavy atom. The average molecular weight is 240 g/mol. The summed E-state index contributed by atoms with van der Waals surface area (Å²) in [6, 6.07) is 9.79. The quantitative estimate of drug-likeness (QED) is 0.608. The molecule has 0 fully saturated rings. The average Bonchev–Trinajstić information content (AvgIpc) is 2.86. The van der Waals surface area contributed by atoms with Gasteiger partial charge in [-0.1, -0.05) is 35.9 Å². The van der Waals surface area contributed by atoms with Crippen LogP contribution in [0.25, 0.3) is 6.08 Å². The first-order valence-electron chi connectivity index (χ1n) is 6.01. The molecule has 92 valence electrons. The molecule has 0 atom stereocenters.